The van der Waals surface area contributed by atoms with Crippen molar-refractivity contribution in [2.24, 2.45) is 0 Å². The number of rotatable bonds is 21. The molecule has 3 rings (SSSR count). The van der Waals surface area contributed by atoms with E-state index in [4.69, 9.17) is 14.0 Å². The van der Waals surface area contributed by atoms with Gasteiger partial charge in [-0.3, -0.25) is 0 Å². The number of hydrogen-bond acceptors (Lipinski definition) is 4. The van der Waals surface area contributed by atoms with Gasteiger partial charge in [-0.15, -0.1) is 0 Å². The van der Waals surface area contributed by atoms with Crippen molar-refractivity contribution in [1.82, 2.24) is 5.16 Å². The minimum Gasteiger partial charge on any atom is -0.494 e. The zero-order valence-electron chi connectivity index (χ0n) is 25.6. The summed E-state index contributed by atoms with van der Waals surface area (Å²) in [5.74, 6) is 8.57. The number of benzene rings is 2. The third kappa shape index (κ3) is 13.8. The number of nitrogens with zero attached hydrogens (tertiary/aromatic N) is 1. The zero-order valence-corrected chi connectivity index (χ0v) is 25.6. The smallest absolute Gasteiger partial charge is 0.210 e. The molecule has 222 valence electrons. The van der Waals surface area contributed by atoms with Gasteiger partial charge >= 0.3 is 0 Å². The summed E-state index contributed by atoms with van der Waals surface area (Å²) in [6.07, 6.45) is 20.9. The van der Waals surface area contributed by atoms with Gasteiger partial charge in [-0.2, -0.15) is 0 Å². The minimum atomic E-state index is 0.546. The molecule has 0 saturated heterocycles. The van der Waals surface area contributed by atoms with Crippen molar-refractivity contribution in [2.45, 2.75) is 117 Å². The Bertz CT molecular complexity index is 1120. The highest BCUT2D eigenvalue weighted by molar-refractivity contribution is 5.61. The summed E-state index contributed by atoms with van der Waals surface area (Å²) in [4.78, 5) is 0. The van der Waals surface area contributed by atoms with Crippen molar-refractivity contribution >= 4 is 0 Å². The van der Waals surface area contributed by atoms with Crippen molar-refractivity contribution < 1.29 is 14.0 Å². The van der Waals surface area contributed by atoms with Crippen molar-refractivity contribution in [3.8, 4) is 34.6 Å². The lowest BCUT2D eigenvalue weighted by Gasteiger charge is -2.06. The van der Waals surface area contributed by atoms with Gasteiger partial charge in [0.2, 0.25) is 5.76 Å². The molecule has 0 bridgehead atoms. The fraction of sp³-hybridized carbons (Fsp3) is 0.541. The van der Waals surface area contributed by atoms with Crippen LogP contribution in [-0.2, 0) is 0 Å². The van der Waals surface area contributed by atoms with Crippen LogP contribution in [0.2, 0.25) is 0 Å². The highest BCUT2D eigenvalue weighted by atomic mass is 16.5. The maximum absolute atomic E-state index is 5.92. The molecular formula is C37H51NO3. The van der Waals surface area contributed by atoms with Gasteiger partial charge in [0, 0.05) is 17.2 Å². The van der Waals surface area contributed by atoms with E-state index in [1.165, 1.54) is 89.9 Å². The largest absolute Gasteiger partial charge is 0.494 e. The molecule has 0 N–H and O–H groups in total. The second kappa shape index (κ2) is 20.7. The third-order valence-electron chi connectivity index (χ3n) is 7.38. The van der Waals surface area contributed by atoms with Crippen LogP contribution in [0, 0.1) is 11.8 Å². The molecule has 0 saturated carbocycles. The molecule has 2 aromatic carbocycles. The lowest BCUT2D eigenvalue weighted by molar-refractivity contribution is 0.304. The van der Waals surface area contributed by atoms with Crippen LogP contribution in [0.1, 0.15) is 128 Å². The Morgan fingerprint density at radius 2 is 1.02 bits per heavy atom. The Kier molecular flexibility index (Phi) is 16.3. The first-order valence-electron chi connectivity index (χ1n) is 16.2. The van der Waals surface area contributed by atoms with Crippen LogP contribution in [0.5, 0.6) is 11.5 Å². The second-order valence-corrected chi connectivity index (χ2v) is 11.0. The lowest BCUT2D eigenvalue weighted by atomic mass is 10.1. The maximum Gasteiger partial charge on any atom is 0.210 e. The average Bonchev–Trinajstić information content (AvgIpc) is 3.48. The number of hydrogen-bond donors (Lipinski definition) is 0. The molecule has 0 unspecified atom stereocenters. The van der Waals surface area contributed by atoms with E-state index in [9.17, 15) is 0 Å². The van der Waals surface area contributed by atoms with E-state index in [0.717, 1.165) is 54.4 Å². The van der Waals surface area contributed by atoms with Gasteiger partial charge < -0.3 is 14.0 Å². The molecule has 0 aliphatic heterocycles. The predicted molar refractivity (Wildman–Crippen MR) is 171 cm³/mol. The van der Waals surface area contributed by atoms with Crippen LogP contribution in [0.15, 0.2) is 59.1 Å². The van der Waals surface area contributed by atoms with E-state index in [1.807, 2.05) is 54.6 Å². The molecule has 0 spiro atoms. The molecule has 41 heavy (non-hydrogen) atoms. The lowest BCUT2D eigenvalue weighted by Crippen LogP contribution is -1.97. The van der Waals surface area contributed by atoms with Gasteiger partial charge in [0.05, 0.1) is 13.2 Å². The third-order valence-corrected chi connectivity index (χ3v) is 7.38. The van der Waals surface area contributed by atoms with E-state index in [0.29, 0.717) is 5.76 Å². The summed E-state index contributed by atoms with van der Waals surface area (Å²) < 4.78 is 17.3. The summed E-state index contributed by atoms with van der Waals surface area (Å²) in [7, 11) is 0. The van der Waals surface area contributed by atoms with E-state index in [2.05, 4.69) is 30.8 Å². The monoisotopic (exact) mass is 557 g/mol. The molecule has 0 atom stereocenters. The first kappa shape index (κ1) is 32.3. The van der Waals surface area contributed by atoms with Crippen LogP contribution in [0.25, 0.3) is 11.3 Å². The van der Waals surface area contributed by atoms with E-state index < -0.39 is 0 Å². The molecule has 0 amide bonds. The Balaban J connectivity index is 1.33. The zero-order chi connectivity index (χ0) is 28.8. The van der Waals surface area contributed by atoms with Gasteiger partial charge in [-0.25, -0.2) is 0 Å². The molecular weight excluding hydrogens is 506 g/mol. The molecule has 0 fully saturated rings. The number of unbranched alkanes of at least 4 members (excludes halogenated alkanes) is 14. The Hall–Kier alpha value is -3.19. The normalized spacial score (nSPS) is 10.8. The van der Waals surface area contributed by atoms with Crippen LogP contribution < -0.4 is 9.47 Å². The summed E-state index contributed by atoms with van der Waals surface area (Å²) in [5.41, 5.74) is 2.67. The average molecular weight is 558 g/mol. The molecule has 0 aliphatic rings. The first-order valence-corrected chi connectivity index (χ1v) is 16.2. The Morgan fingerprint density at radius 3 is 1.54 bits per heavy atom. The first-order chi connectivity index (χ1) is 20.3. The summed E-state index contributed by atoms with van der Waals surface area (Å²) >= 11 is 0. The summed E-state index contributed by atoms with van der Waals surface area (Å²) in [5, 5.41) is 4.20. The number of ether oxygens (including phenoxy) is 2. The van der Waals surface area contributed by atoms with Crippen LogP contribution in [0.4, 0.5) is 0 Å². The van der Waals surface area contributed by atoms with Crippen molar-refractivity contribution in [2.75, 3.05) is 13.2 Å². The van der Waals surface area contributed by atoms with E-state index in [-0.39, 0.29) is 0 Å². The Labute approximate surface area is 249 Å². The van der Waals surface area contributed by atoms with Crippen LogP contribution in [0.3, 0.4) is 0 Å². The fourth-order valence-corrected chi connectivity index (χ4v) is 4.81. The highest BCUT2D eigenvalue weighted by Gasteiger charge is 2.06. The van der Waals surface area contributed by atoms with Crippen molar-refractivity contribution in [1.29, 1.82) is 0 Å². The van der Waals surface area contributed by atoms with Gasteiger partial charge in [-0.1, -0.05) is 115 Å². The van der Waals surface area contributed by atoms with E-state index in [1.54, 1.807) is 0 Å². The van der Waals surface area contributed by atoms with E-state index >= 15 is 0 Å². The highest BCUT2D eigenvalue weighted by Crippen LogP contribution is 2.22. The van der Waals surface area contributed by atoms with Crippen molar-refractivity contribution in [3.05, 3.63) is 65.9 Å². The second-order valence-electron chi connectivity index (χ2n) is 11.0. The molecule has 1 aromatic heterocycles. The van der Waals surface area contributed by atoms with Crippen LogP contribution >= 0.6 is 0 Å². The molecule has 3 aromatic rings. The standard InChI is InChI=1S/C37H51NO3/c1-3-5-7-9-11-13-15-17-29-39-34-24-19-32(20-25-34)21-26-36-31-37(38-41-36)33-22-27-35(28-23-33)40-30-18-16-14-12-10-8-6-4-2/h19-20,22-25,27-28,31H,3-18,29-30H2,1-2H3. The molecule has 4 nitrogen and oxygen atoms in total. The topological polar surface area (TPSA) is 44.5 Å². The van der Waals surface area contributed by atoms with Crippen molar-refractivity contribution in [3.63, 3.8) is 0 Å². The van der Waals surface area contributed by atoms with Gasteiger partial charge in [0.1, 0.15) is 17.2 Å². The minimum absolute atomic E-state index is 0.546. The molecule has 4 heteroatoms. The maximum atomic E-state index is 5.92. The Morgan fingerprint density at radius 1 is 0.561 bits per heavy atom. The molecule has 0 radical (unpaired) electrons. The van der Waals surface area contributed by atoms with Gasteiger partial charge in [-0.05, 0) is 67.3 Å². The number of aromatic nitrogens is 1. The predicted octanol–water partition coefficient (Wildman–Crippen LogP) is 10.8. The van der Waals surface area contributed by atoms with Gasteiger partial charge in [0.25, 0.3) is 0 Å². The summed E-state index contributed by atoms with van der Waals surface area (Å²) in [6, 6.07) is 17.9. The fourth-order valence-electron chi connectivity index (χ4n) is 4.81. The SMILES string of the molecule is CCCCCCCCCCOc1ccc(C#Cc2cc(-c3ccc(OCCCCCCCCCC)cc3)no2)cc1. The molecule has 0 aliphatic carbocycles. The van der Waals surface area contributed by atoms with Gasteiger partial charge in [0.15, 0.2) is 0 Å². The molecule has 1 heterocycles. The summed E-state index contributed by atoms with van der Waals surface area (Å²) in [6.45, 7) is 6.06. The quantitative estimate of drug-likeness (QED) is 0.0965. The van der Waals surface area contributed by atoms with Crippen LogP contribution in [-0.4, -0.2) is 18.4 Å².